The van der Waals surface area contributed by atoms with E-state index in [1.165, 1.54) is 6.07 Å². The minimum Gasteiger partial charge on any atom is -0.481 e. The molecular weight excluding hydrogens is 406 g/mol. The summed E-state index contributed by atoms with van der Waals surface area (Å²) in [5.74, 6) is -0.745. The molecule has 4 aromatic rings. The number of carbonyl (C=O) groups is 1. The number of aliphatic carboxylic acids is 1. The number of nitrogen functional groups attached to an aromatic ring is 1. The van der Waals surface area contributed by atoms with Gasteiger partial charge in [0.05, 0.1) is 4.90 Å². The van der Waals surface area contributed by atoms with E-state index < -0.39 is 15.8 Å². The zero-order chi connectivity index (χ0) is 22.1. The van der Waals surface area contributed by atoms with Gasteiger partial charge >= 0.3 is 5.97 Å². The number of aromatic amines is 2. The van der Waals surface area contributed by atoms with E-state index in [1.54, 1.807) is 31.3 Å². The minimum atomic E-state index is -3.33. The molecule has 0 aliphatic heterocycles. The number of carboxylic acid groups (broad SMARTS) is 1. The summed E-state index contributed by atoms with van der Waals surface area (Å²) in [6, 6.07) is 12.0. The number of rotatable bonds is 3. The molecule has 0 spiro atoms. The van der Waals surface area contributed by atoms with Gasteiger partial charge in [-0.05, 0) is 42.0 Å². The molecule has 0 saturated heterocycles. The lowest BCUT2D eigenvalue weighted by Gasteiger charge is -2.10. The summed E-state index contributed by atoms with van der Waals surface area (Å²) in [5, 5.41) is 9.39. The van der Waals surface area contributed by atoms with Crippen molar-refractivity contribution in [2.45, 2.75) is 18.2 Å². The molecule has 0 aliphatic carbocycles. The van der Waals surface area contributed by atoms with Crippen LogP contribution in [0.4, 0.5) is 5.69 Å². The van der Waals surface area contributed by atoms with Crippen molar-refractivity contribution in [3.63, 3.8) is 0 Å². The normalized spacial score (nSPS) is 11.3. The first-order chi connectivity index (χ1) is 14.1. The number of fused-ring (bicyclic) bond motifs is 3. The van der Waals surface area contributed by atoms with Crippen LogP contribution in [-0.2, 0) is 14.6 Å². The van der Waals surface area contributed by atoms with Gasteiger partial charge in [0.1, 0.15) is 5.52 Å². The Morgan fingerprint density at radius 3 is 2.43 bits per heavy atom. The van der Waals surface area contributed by atoms with Crippen LogP contribution in [0.2, 0.25) is 0 Å². The van der Waals surface area contributed by atoms with E-state index in [-0.39, 0.29) is 16.9 Å². The first kappa shape index (κ1) is 21.1. The van der Waals surface area contributed by atoms with Gasteiger partial charge in [-0.1, -0.05) is 13.0 Å². The Hall–Kier alpha value is -3.59. The van der Waals surface area contributed by atoms with Gasteiger partial charge in [0.15, 0.2) is 9.84 Å². The van der Waals surface area contributed by atoms with E-state index in [9.17, 15) is 18.0 Å². The quantitative estimate of drug-likeness (QED) is 0.369. The number of H-pyrrole nitrogens is 2. The topological polar surface area (TPSA) is 146 Å². The lowest BCUT2D eigenvalue weighted by atomic mass is 10.0. The summed E-state index contributed by atoms with van der Waals surface area (Å²) >= 11 is 0. The summed E-state index contributed by atoms with van der Waals surface area (Å²) in [4.78, 5) is 27.4. The fourth-order valence-electron chi connectivity index (χ4n) is 3.03. The molecule has 0 radical (unpaired) electrons. The number of aromatic nitrogens is 2. The van der Waals surface area contributed by atoms with E-state index >= 15 is 0 Å². The Bertz CT molecular complexity index is 1420. The molecule has 0 fully saturated rings. The fraction of sp³-hybridized carbons (Fsp3) is 0.143. The summed E-state index contributed by atoms with van der Waals surface area (Å²) in [5.41, 5.74) is 9.00. The van der Waals surface area contributed by atoms with Crippen molar-refractivity contribution in [3.8, 4) is 11.1 Å². The molecule has 2 aromatic carbocycles. The maximum absolute atomic E-state index is 12.0. The number of nitrogens with one attached hydrogen (secondary N) is 2. The number of sulfone groups is 1. The van der Waals surface area contributed by atoms with Gasteiger partial charge < -0.3 is 20.8 Å². The Kier molecular flexibility index (Phi) is 5.66. The molecule has 30 heavy (non-hydrogen) atoms. The van der Waals surface area contributed by atoms with Gasteiger partial charge in [-0.3, -0.25) is 9.59 Å². The second-order valence-electron chi connectivity index (χ2n) is 6.75. The van der Waals surface area contributed by atoms with Crippen LogP contribution in [0.1, 0.15) is 13.3 Å². The molecule has 9 heteroatoms. The van der Waals surface area contributed by atoms with E-state index in [0.29, 0.717) is 22.3 Å². The van der Waals surface area contributed by atoms with E-state index in [1.807, 2.05) is 18.2 Å². The highest BCUT2D eigenvalue weighted by Crippen LogP contribution is 2.32. The van der Waals surface area contributed by atoms with Gasteiger partial charge in [-0.25, -0.2) is 8.42 Å². The molecule has 156 valence electrons. The van der Waals surface area contributed by atoms with Crippen LogP contribution in [0.25, 0.3) is 32.9 Å². The van der Waals surface area contributed by atoms with Crippen LogP contribution in [-0.4, -0.2) is 35.7 Å². The largest absolute Gasteiger partial charge is 0.481 e. The smallest absolute Gasteiger partial charge is 0.303 e. The summed E-state index contributed by atoms with van der Waals surface area (Å²) in [7, 11) is -3.33. The van der Waals surface area contributed by atoms with Gasteiger partial charge in [-0.2, -0.15) is 0 Å². The van der Waals surface area contributed by atoms with Crippen molar-refractivity contribution in [1.82, 2.24) is 9.97 Å². The number of carboxylic acids is 1. The number of hydrogen-bond donors (Lipinski definition) is 4. The third-order valence-corrected chi connectivity index (χ3v) is 5.71. The van der Waals surface area contributed by atoms with Crippen LogP contribution in [0.15, 0.2) is 58.4 Å². The molecule has 0 unspecified atom stereocenters. The Labute approximate surface area is 172 Å². The van der Waals surface area contributed by atoms with E-state index in [4.69, 9.17) is 10.8 Å². The number of hydrogen-bond acceptors (Lipinski definition) is 5. The van der Waals surface area contributed by atoms with Crippen LogP contribution in [0, 0.1) is 0 Å². The SMILES string of the molecule is CCC(=O)O.CS(=O)(=O)c1ccc(N)c(-c2ccc3[nH]c(=O)c4[nH]ccc4c3c2)c1. The van der Waals surface area contributed by atoms with Crippen molar-refractivity contribution >= 4 is 43.3 Å². The predicted octanol–water partition coefficient (Wildman–Crippen LogP) is 3.14. The Balaban J connectivity index is 0.000000461. The molecule has 4 rings (SSSR count). The molecule has 0 bridgehead atoms. The third kappa shape index (κ3) is 4.20. The summed E-state index contributed by atoms with van der Waals surface area (Å²) in [6.07, 6.45) is 3.10. The Morgan fingerprint density at radius 2 is 1.80 bits per heavy atom. The zero-order valence-corrected chi connectivity index (χ0v) is 17.2. The number of pyridine rings is 1. The van der Waals surface area contributed by atoms with Crippen LogP contribution >= 0.6 is 0 Å². The summed E-state index contributed by atoms with van der Waals surface area (Å²) < 4.78 is 23.7. The third-order valence-electron chi connectivity index (χ3n) is 4.60. The van der Waals surface area contributed by atoms with Gasteiger partial charge in [0.25, 0.3) is 5.56 Å². The summed E-state index contributed by atoms with van der Waals surface area (Å²) in [6.45, 7) is 1.60. The molecule has 2 heterocycles. The molecule has 0 amide bonds. The monoisotopic (exact) mass is 427 g/mol. The van der Waals surface area contributed by atoms with E-state index in [0.717, 1.165) is 22.6 Å². The average Bonchev–Trinajstić information content (AvgIpc) is 3.19. The van der Waals surface area contributed by atoms with Crippen molar-refractivity contribution in [2.24, 2.45) is 0 Å². The van der Waals surface area contributed by atoms with Crippen LogP contribution in [0.5, 0.6) is 0 Å². The highest BCUT2D eigenvalue weighted by Gasteiger charge is 2.13. The first-order valence-corrected chi connectivity index (χ1v) is 11.0. The lowest BCUT2D eigenvalue weighted by molar-refractivity contribution is -0.136. The maximum atomic E-state index is 12.0. The first-order valence-electron chi connectivity index (χ1n) is 9.06. The number of benzene rings is 2. The van der Waals surface area contributed by atoms with Gasteiger partial charge in [0.2, 0.25) is 0 Å². The second-order valence-corrected chi connectivity index (χ2v) is 8.77. The van der Waals surface area contributed by atoms with Crippen molar-refractivity contribution in [3.05, 3.63) is 59.0 Å². The molecule has 0 aliphatic rings. The van der Waals surface area contributed by atoms with Gasteiger partial charge in [0, 0.05) is 46.4 Å². The number of nitrogens with two attached hydrogens (primary N) is 1. The fourth-order valence-corrected chi connectivity index (χ4v) is 3.67. The van der Waals surface area contributed by atoms with Crippen molar-refractivity contribution < 1.29 is 18.3 Å². The second kappa shape index (κ2) is 8.03. The zero-order valence-electron chi connectivity index (χ0n) is 16.4. The lowest BCUT2D eigenvalue weighted by Crippen LogP contribution is -2.06. The van der Waals surface area contributed by atoms with Crippen molar-refractivity contribution in [1.29, 1.82) is 0 Å². The average molecular weight is 427 g/mol. The van der Waals surface area contributed by atoms with Crippen LogP contribution in [0.3, 0.4) is 0 Å². The number of anilines is 1. The molecule has 0 atom stereocenters. The Morgan fingerprint density at radius 1 is 1.10 bits per heavy atom. The standard InChI is InChI=1S/C18H15N3O3S.C3H6O2/c1-25(23,24)11-3-4-15(19)13(9-11)10-2-5-16-14(8-10)12-6-7-20-17(12)18(22)21-16;1-2-3(4)5/h2-9,20H,19H2,1H3,(H,21,22);2H2,1H3,(H,4,5). The van der Waals surface area contributed by atoms with E-state index in [2.05, 4.69) is 9.97 Å². The minimum absolute atomic E-state index is 0.182. The molecule has 5 N–H and O–H groups in total. The molecule has 2 aromatic heterocycles. The molecule has 0 saturated carbocycles. The van der Waals surface area contributed by atoms with Crippen molar-refractivity contribution in [2.75, 3.05) is 12.0 Å². The highest BCUT2D eigenvalue weighted by molar-refractivity contribution is 7.90. The molecular formula is C21H21N3O5S. The highest BCUT2D eigenvalue weighted by atomic mass is 32.2. The van der Waals surface area contributed by atoms with Gasteiger partial charge in [-0.15, -0.1) is 0 Å². The molecule has 8 nitrogen and oxygen atoms in total. The predicted molar refractivity (Wildman–Crippen MR) is 117 cm³/mol. The van der Waals surface area contributed by atoms with Crippen LogP contribution < -0.4 is 11.3 Å². The maximum Gasteiger partial charge on any atom is 0.303 e.